The van der Waals surface area contributed by atoms with Gasteiger partial charge in [-0.25, -0.2) is 13.1 Å². The van der Waals surface area contributed by atoms with Crippen LogP contribution in [-0.2, 0) is 26.0 Å². The molecule has 0 unspecified atom stereocenters. The first-order chi connectivity index (χ1) is 13.5. The summed E-state index contributed by atoms with van der Waals surface area (Å²) in [6, 6.07) is 16.2. The van der Waals surface area contributed by atoms with Crippen LogP contribution in [-0.4, -0.2) is 33.6 Å². The van der Waals surface area contributed by atoms with Gasteiger partial charge < -0.3 is 10.1 Å². The Kier molecular flexibility index (Phi) is 7.19. The standard InChI is InChI=1S/C21H26N2O4S/c24-21(10-4-8-17-6-2-1-3-7-17)23-18-11-13-20(14-12-18)28(25,26)22-16-19-9-5-15-27-19/h1-3,6-7,11-14,19,22H,4-5,8-10,15-16H2,(H,23,24)/t19-/m0/s1. The highest BCUT2D eigenvalue weighted by atomic mass is 32.2. The van der Waals surface area contributed by atoms with Crippen LogP contribution in [0.2, 0.25) is 0 Å². The Labute approximate surface area is 166 Å². The summed E-state index contributed by atoms with van der Waals surface area (Å²) >= 11 is 0. The molecule has 0 aliphatic carbocycles. The number of aryl methyl sites for hydroxylation is 1. The van der Waals surface area contributed by atoms with Crippen LogP contribution in [0.1, 0.15) is 31.2 Å². The molecule has 28 heavy (non-hydrogen) atoms. The number of hydrogen-bond acceptors (Lipinski definition) is 4. The van der Waals surface area contributed by atoms with Gasteiger partial charge in [0.05, 0.1) is 11.0 Å². The summed E-state index contributed by atoms with van der Waals surface area (Å²) in [5, 5.41) is 2.81. The Morgan fingerprint density at radius 1 is 1.07 bits per heavy atom. The topological polar surface area (TPSA) is 84.5 Å². The summed E-state index contributed by atoms with van der Waals surface area (Å²) in [6.45, 7) is 0.967. The monoisotopic (exact) mass is 402 g/mol. The Hall–Kier alpha value is -2.22. The van der Waals surface area contributed by atoms with Gasteiger partial charge in [-0.15, -0.1) is 0 Å². The maximum atomic E-state index is 12.3. The summed E-state index contributed by atoms with van der Waals surface area (Å²) in [6.07, 6.45) is 3.81. The molecule has 3 rings (SSSR count). The molecule has 1 amide bonds. The van der Waals surface area contributed by atoms with Gasteiger partial charge in [0, 0.05) is 25.3 Å². The number of amides is 1. The van der Waals surface area contributed by atoms with Crippen LogP contribution < -0.4 is 10.0 Å². The van der Waals surface area contributed by atoms with Crippen molar-refractivity contribution in [3.05, 3.63) is 60.2 Å². The second kappa shape index (κ2) is 9.82. The van der Waals surface area contributed by atoms with Crippen molar-refractivity contribution >= 4 is 21.6 Å². The molecule has 6 nitrogen and oxygen atoms in total. The SMILES string of the molecule is O=C(CCCc1ccccc1)Nc1ccc(S(=O)(=O)NC[C@@H]2CCCO2)cc1. The highest BCUT2D eigenvalue weighted by molar-refractivity contribution is 7.89. The van der Waals surface area contributed by atoms with Gasteiger partial charge in [0.25, 0.3) is 0 Å². The lowest BCUT2D eigenvalue weighted by molar-refractivity contribution is -0.116. The minimum atomic E-state index is -3.58. The average molecular weight is 403 g/mol. The van der Waals surface area contributed by atoms with E-state index in [1.54, 1.807) is 12.1 Å². The lowest BCUT2D eigenvalue weighted by atomic mass is 10.1. The molecule has 1 aliphatic heterocycles. The van der Waals surface area contributed by atoms with E-state index in [1.807, 2.05) is 30.3 Å². The first-order valence-electron chi connectivity index (χ1n) is 9.58. The van der Waals surface area contributed by atoms with E-state index >= 15 is 0 Å². The van der Waals surface area contributed by atoms with E-state index in [9.17, 15) is 13.2 Å². The van der Waals surface area contributed by atoms with Crippen LogP contribution >= 0.6 is 0 Å². The molecule has 1 atom stereocenters. The van der Waals surface area contributed by atoms with E-state index in [2.05, 4.69) is 10.0 Å². The zero-order valence-corrected chi connectivity index (χ0v) is 16.6. The number of rotatable bonds is 9. The van der Waals surface area contributed by atoms with Crippen molar-refractivity contribution in [1.82, 2.24) is 4.72 Å². The fourth-order valence-electron chi connectivity index (χ4n) is 3.13. The Balaban J connectivity index is 1.45. The highest BCUT2D eigenvalue weighted by Gasteiger charge is 2.20. The van der Waals surface area contributed by atoms with Crippen molar-refractivity contribution < 1.29 is 17.9 Å². The lowest BCUT2D eigenvalue weighted by Gasteiger charge is -2.12. The molecule has 0 bridgehead atoms. The zero-order chi connectivity index (χ0) is 19.8. The van der Waals surface area contributed by atoms with E-state index in [4.69, 9.17) is 4.74 Å². The molecule has 2 aromatic carbocycles. The minimum Gasteiger partial charge on any atom is -0.377 e. The van der Waals surface area contributed by atoms with Crippen LogP contribution in [0, 0.1) is 0 Å². The van der Waals surface area contributed by atoms with Gasteiger partial charge in [-0.2, -0.15) is 0 Å². The molecular formula is C21H26N2O4S. The van der Waals surface area contributed by atoms with Crippen LogP contribution in [0.5, 0.6) is 0 Å². The maximum Gasteiger partial charge on any atom is 0.240 e. The molecule has 1 saturated heterocycles. The maximum absolute atomic E-state index is 12.3. The molecule has 0 aromatic heterocycles. The zero-order valence-electron chi connectivity index (χ0n) is 15.8. The number of nitrogens with one attached hydrogen (secondary N) is 2. The quantitative estimate of drug-likeness (QED) is 0.675. The molecule has 1 aliphatic rings. The first-order valence-corrected chi connectivity index (χ1v) is 11.1. The van der Waals surface area contributed by atoms with Crippen molar-refractivity contribution in [1.29, 1.82) is 0 Å². The Morgan fingerprint density at radius 2 is 1.82 bits per heavy atom. The number of sulfonamides is 1. The average Bonchev–Trinajstić information content (AvgIpc) is 3.21. The molecule has 1 fully saturated rings. The molecule has 2 N–H and O–H groups in total. The number of benzene rings is 2. The van der Waals surface area contributed by atoms with E-state index < -0.39 is 10.0 Å². The van der Waals surface area contributed by atoms with E-state index in [0.29, 0.717) is 18.7 Å². The smallest absolute Gasteiger partial charge is 0.240 e. The van der Waals surface area contributed by atoms with Gasteiger partial charge in [0.1, 0.15) is 0 Å². The highest BCUT2D eigenvalue weighted by Crippen LogP contribution is 2.16. The number of anilines is 1. The molecule has 150 valence electrons. The van der Waals surface area contributed by atoms with Crippen LogP contribution in [0.15, 0.2) is 59.5 Å². The summed E-state index contributed by atoms with van der Waals surface area (Å²) in [5.41, 5.74) is 1.79. The molecule has 0 saturated carbocycles. The van der Waals surface area contributed by atoms with Crippen molar-refractivity contribution in [3.63, 3.8) is 0 Å². The van der Waals surface area contributed by atoms with Gasteiger partial charge in [0.2, 0.25) is 15.9 Å². The Morgan fingerprint density at radius 3 is 2.50 bits per heavy atom. The van der Waals surface area contributed by atoms with E-state index in [0.717, 1.165) is 25.7 Å². The van der Waals surface area contributed by atoms with E-state index in [1.165, 1.54) is 17.7 Å². The molecule has 7 heteroatoms. The van der Waals surface area contributed by atoms with Gasteiger partial charge in [-0.3, -0.25) is 4.79 Å². The van der Waals surface area contributed by atoms with Gasteiger partial charge in [-0.1, -0.05) is 30.3 Å². The normalized spacial score (nSPS) is 16.8. The molecule has 2 aromatic rings. The summed E-state index contributed by atoms with van der Waals surface area (Å²) in [4.78, 5) is 12.3. The lowest BCUT2D eigenvalue weighted by Crippen LogP contribution is -2.31. The van der Waals surface area contributed by atoms with Gasteiger partial charge in [0.15, 0.2) is 0 Å². The second-order valence-corrected chi connectivity index (χ2v) is 8.67. The Bertz CT molecular complexity index is 861. The number of carbonyl (C=O) groups is 1. The molecular weight excluding hydrogens is 376 g/mol. The fraction of sp³-hybridized carbons (Fsp3) is 0.381. The van der Waals surface area contributed by atoms with Gasteiger partial charge >= 0.3 is 0 Å². The third-order valence-corrected chi connectivity index (χ3v) is 6.12. The minimum absolute atomic E-state index is 0.0516. The number of hydrogen-bond donors (Lipinski definition) is 2. The third-order valence-electron chi connectivity index (χ3n) is 4.69. The van der Waals surface area contributed by atoms with Crippen molar-refractivity contribution in [2.45, 2.75) is 43.1 Å². The fourth-order valence-corrected chi connectivity index (χ4v) is 4.20. The van der Waals surface area contributed by atoms with Crippen LogP contribution in [0.25, 0.3) is 0 Å². The van der Waals surface area contributed by atoms with Crippen molar-refractivity contribution in [2.24, 2.45) is 0 Å². The van der Waals surface area contributed by atoms with Crippen LogP contribution in [0.3, 0.4) is 0 Å². The number of carbonyl (C=O) groups excluding carboxylic acids is 1. The van der Waals surface area contributed by atoms with Crippen LogP contribution in [0.4, 0.5) is 5.69 Å². The molecule has 0 radical (unpaired) electrons. The molecule has 0 spiro atoms. The predicted octanol–water partition coefficient (Wildman–Crippen LogP) is 3.11. The predicted molar refractivity (Wildman–Crippen MR) is 109 cm³/mol. The summed E-state index contributed by atoms with van der Waals surface area (Å²) in [7, 11) is -3.58. The molecule has 1 heterocycles. The van der Waals surface area contributed by atoms with Gasteiger partial charge in [-0.05, 0) is 55.5 Å². The van der Waals surface area contributed by atoms with E-state index in [-0.39, 0.29) is 23.5 Å². The third kappa shape index (κ3) is 6.15. The summed E-state index contributed by atoms with van der Waals surface area (Å²) in [5.74, 6) is -0.0805. The van der Waals surface area contributed by atoms with Crippen molar-refractivity contribution in [3.8, 4) is 0 Å². The summed E-state index contributed by atoms with van der Waals surface area (Å²) < 4.78 is 32.7. The van der Waals surface area contributed by atoms with Crippen molar-refractivity contribution in [2.75, 3.05) is 18.5 Å². The largest absolute Gasteiger partial charge is 0.377 e. The second-order valence-electron chi connectivity index (χ2n) is 6.90. The first kappa shape index (κ1) is 20.5. The number of ether oxygens (including phenoxy) is 1.